The molecule has 0 atom stereocenters. The highest BCUT2D eigenvalue weighted by atomic mass is 79.9. The highest BCUT2D eigenvalue weighted by molar-refractivity contribution is 9.10. The molecule has 15 heavy (non-hydrogen) atoms. The number of rotatable bonds is 1. The first-order chi connectivity index (χ1) is 7.18. The van der Waals surface area contributed by atoms with Crippen LogP contribution in [0.3, 0.4) is 0 Å². The number of hydrogen-bond acceptors (Lipinski definition) is 1. The van der Waals surface area contributed by atoms with Crippen LogP contribution in [0.4, 0.5) is 4.39 Å². The molecule has 4 heteroatoms. The van der Waals surface area contributed by atoms with Crippen molar-refractivity contribution in [3.8, 4) is 5.69 Å². The van der Waals surface area contributed by atoms with Crippen molar-refractivity contribution in [2.75, 3.05) is 0 Å². The first-order valence-electron chi connectivity index (χ1n) is 4.31. The van der Waals surface area contributed by atoms with Crippen molar-refractivity contribution in [3.63, 3.8) is 0 Å². The van der Waals surface area contributed by atoms with E-state index >= 15 is 0 Å². The van der Waals surface area contributed by atoms with Gasteiger partial charge in [0.1, 0.15) is 5.82 Å². The predicted molar refractivity (Wildman–Crippen MR) is 59.7 cm³/mol. The maximum absolute atomic E-state index is 13.4. The lowest BCUT2D eigenvalue weighted by atomic mass is 10.3. The number of halogens is 2. The van der Waals surface area contributed by atoms with Gasteiger partial charge in [0.05, 0.1) is 5.69 Å². The van der Waals surface area contributed by atoms with Crippen LogP contribution in [0.15, 0.2) is 51.9 Å². The van der Waals surface area contributed by atoms with Gasteiger partial charge in [-0.2, -0.15) is 0 Å². The van der Waals surface area contributed by atoms with Gasteiger partial charge in [0.2, 0.25) is 0 Å². The lowest BCUT2D eigenvalue weighted by Crippen LogP contribution is -2.17. The van der Waals surface area contributed by atoms with Crippen LogP contribution in [-0.2, 0) is 0 Å². The quantitative estimate of drug-likeness (QED) is 0.779. The Hall–Kier alpha value is -1.42. The zero-order valence-electron chi connectivity index (χ0n) is 7.65. The molecule has 0 aliphatic carbocycles. The maximum atomic E-state index is 13.4. The van der Waals surface area contributed by atoms with Crippen molar-refractivity contribution in [1.82, 2.24) is 4.57 Å². The van der Waals surface area contributed by atoms with E-state index in [0.717, 1.165) is 4.47 Å². The van der Waals surface area contributed by atoms with Crippen LogP contribution in [0, 0.1) is 5.82 Å². The summed E-state index contributed by atoms with van der Waals surface area (Å²) in [5, 5.41) is 0. The smallest absolute Gasteiger partial charge is 0.255 e. The number of pyridine rings is 1. The monoisotopic (exact) mass is 267 g/mol. The van der Waals surface area contributed by atoms with E-state index < -0.39 is 5.82 Å². The van der Waals surface area contributed by atoms with E-state index in [9.17, 15) is 9.18 Å². The number of aromatic nitrogens is 1. The summed E-state index contributed by atoms with van der Waals surface area (Å²) in [6.07, 6.45) is 1.54. The van der Waals surface area contributed by atoms with Gasteiger partial charge < -0.3 is 0 Å². The molecule has 2 nitrogen and oxygen atoms in total. The first-order valence-corrected chi connectivity index (χ1v) is 5.11. The van der Waals surface area contributed by atoms with Crippen molar-refractivity contribution in [3.05, 3.63) is 63.2 Å². The molecular formula is C11H7BrFNO. The van der Waals surface area contributed by atoms with Gasteiger partial charge in [-0.1, -0.05) is 12.1 Å². The Morgan fingerprint density at radius 3 is 2.60 bits per heavy atom. The molecule has 0 saturated heterocycles. The molecular weight excluding hydrogens is 261 g/mol. The highest BCUT2D eigenvalue weighted by Crippen LogP contribution is 2.13. The second-order valence-electron chi connectivity index (χ2n) is 3.01. The standard InChI is InChI=1S/C11H7BrFNO/c12-8-5-6-11(15)14(7-8)10-4-2-1-3-9(10)13/h1-7H. The van der Waals surface area contributed by atoms with E-state index in [1.165, 1.54) is 16.7 Å². The Balaban J connectivity index is 2.69. The van der Waals surface area contributed by atoms with Gasteiger partial charge in [-0.15, -0.1) is 0 Å². The fraction of sp³-hybridized carbons (Fsp3) is 0. The van der Waals surface area contributed by atoms with E-state index in [2.05, 4.69) is 15.9 Å². The molecule has 0 amide bonds. The fourth-order valence-electron chi connectivity index (χ4n) is 1.30. The Morgan fingerprint density at radius 1 is 1.13 bits per heavy atom. The minimum absolute atomic E-state index is 0.254. The largest absolute Gasteiger partial charge is 0.280 e. The molecule has 0 spiro atoms. The lowest BCUT2D eigenvalue weighted by molar-refractivity contribution is 0.616. The zero-order chi connectivity index (χ0) is 10.8. The summed E-state index contributed by atoms with van der Waals surface area (Å²) in [6.45, 7) is 0. The second-order valence-corrected chi connectivity index (χ2v) is 3.92. The number of benzene rings is 1. The van der Waals surface area contributed by atoms with Crippen molar-refractivity contribution in [2.24, 2.45) is 0 Å². The number of nitrogens with zero attached hydrogens (tertiary/aromatic N) is 1. The molecule has 0 unspecified atom stereocenters. The summed E-state index contributed by atoms with van der Waals surface area (Å²) >= 11 is 3.24. The van der Waals surface area contributed by atoms with Crippen molar-refractivity contribution in [2.45, 2.75) is 0 Å². The third kappa shape index (κ3) is 1.99. The molecule has 2 rings (SSSR count). The van der Waals surface area contributed by atoms with Gasteiger partial charge in [0.15, 0.2) is 0 Å². The van der Waals surface area contributed by atoms with Crippen LogP contribution in [0.2, 0.25) is 0 Å². The maximum Gasteiger partial charge on any atom is 0.255 e. The molecule has 2 aromatic rings. The van der Waals surface area contributed by atoms with E-state index in [4.69, 9.17) is 0 Å². The molecule has 0 aliphatic rings. The van der Waals surface area contributed by atoms with Crippen LogP contribution >= 0.6 is 15.9 Å². The summed E-state index contributed by atoms with van der Waals surface area (Å²) in [4.78, 5) is 11.5. The van der Waals surface area contributed by atoms with Crippen LogP contribution in [-0.4, -0.2) is 4.57 Å². The molecule has 0 bridgehead atoms. The minimum Gasteiger partial charge on any atom is -0.280 e. The van der Waals surface area contributed by atoms with Gasteiger partial charge in [-0.25, -0.2) is 4.39 Å². The van der Waals surface area contributed by atoms with Crippen LogP contribution in [0.25, 0.3) is 5.69 Å². The molecule has 0 aliphatic heterocycles. The molecule has 1 aromatic heterocycles. The minimum atomic E-state index is -0.419. The van der Waals surface area contributed by atoms with Crippen LogP contribution in [0.1, 0.15) is 0 Å². The third-order valence-corrected chi connectivity index (χ3v) is 2.46. The molecule has 0 fully saturated rings. The lowest BCUT2D eigenvalue weighted by Gasteiger charge is -2.06. The van der Waals surface area contributed by atoms with Gasteiger partial charge in [0, 0.05) is 16.7 Å². The van der Waals surface area contributed by atoms with Gasteiger partial charge >= 0.3 is 0 Å². The molecule has 0 radical (unpaired) electrons. The molecule has 0 N–H and O–H groups in total. The predicted octanol–water partition coefficient (Wildman–Crippen LogP) is 2.74. The molecule has 76 valence electrons. The fourth-order valence-corrected chi connectivity index (χ4v) is 1.63. The van der Waals surface area contributed by atoms with E-state index in [0.29, 0.717) is 0 Å². The van der Waals surface area contributed by atoms with Crippen molar-refractivity contribution in [1.29, 1.82) is 0 Å². The van der Waals surface area contributed by atoms with E-state index in [-0.39, 0.29) is 11.2 Å². The Labute approximate surface area is 94.1 Å². The highest BCUT2D eigenvalue weighted by Gasteiger charge is 2.04. The summed E-state index contributed by atoms with van der Waals surface area (Å²) in [7, 11) is 0. The van der Waals surface area contributed by atoms with Crippen molar-refractivity contribution >= 4 is 15.9 Å². The normalized spacial score (nSPS) is 10.3. The van der Waals surface area contributed by atoms with Gasteiger partial charge in [-0.3, -0.25) is 9.36 Å². The number of hydrogen-bond donors (Lipinski definition) is 0. The van der Waals surface area contributed by atoms with E-state index in [1.807, 2.05) is 0 Å². The summed E-state index contributed by atoms with van der Waals surface area (Å²) < 4.78 is 15.4. The Kier molecular flexibility index (Phi) is 2.68. The third-order valence-electron chi connectivity index (χ3n) is 1.99. The van der Waals surface area contributed by atoms with Crippen LogP contribution in [0.5, 0.6) is 0 Å². The van der Waals surface area contributed by atoms with Crippen LogP contribution < -0.4 is 5.56 Å². The van der Waals surface area contributed by atoms with E-state index in [1.54, 1.807) is 30.5 Å². The van der Waals surface area contributed by atoms with Gasteiger partial charge in [0.25, 0.3) is 5.56 Å². The molecule has 0 saturated carbocycles. The second kappa shape index (κ2) is 3.98. The average Bonchev–Trinajstić information content (AvgIpc) is 2.23. The SMILES string of the molecule is O=c1ccc(Br)cn1-c1ccccc1F. The average molecular weight is 268 g/mol. The van der Waals surface area contributed by atoms with Gasteiger partial charge in [-0.05, 0) is 34.1 Å². The molecule has 1 heterocycles. The summed E-state index contributed by atoms with van der Waals surface area (Å²) in [6, 6.07) is 9.16. The molecule has 1 aromatic carbocycles. The first kappa shape index (κ1) is 10.1. The Bertz CT molecular complexity index is 550. The zero-order valence-corrected chi connectivity index (χ0v) is 9.24. The topological polar surface area (TPSA) is 22.0 Å². The summed E-state index contributed by atoms with van der Waals surface area (Å²) in [5.74, 6) is -0.419. The van der Waals surface area contributed by atoms with Crippen molar-refractivity contribution < 1.29 is 4.39 Å². The Morgan fingerprint density at radius 2 is 1.87 bits per heavy atom. The number of para-hydroxylation sites is 1. The summed E-state index contributed by atoms with van der Waals surface area (Å²) in [5.41, 5.74) is -0.00731.